The van der Waals surface area contributed by atoms with Gasteiger partial charge in [0, 0.05) is 6.32 Å². The highest BCUT2D eigenvalue weighted by Gasteiger charge is 2.20. The summed E-state index contributed by atoms with van der Waals surface area (Å²) in [7, 11) is -0.661. The van der Waals surface area contributed by atoms with Crippen molar-refractivity contribution in [2.45, 2.75) is 58.9 Å². The monoisotopic (exact) mass is 314 g/mol. The van der Waals surface area contributed by atoms with Crippen LogP contribution in [0.1, 0.15) is 49.3 Å². The molecule has 124 valence electrons. The number of phenolic OH excluding ortho intramolecular Hbond substituents is 1. The number of hydrogen-bond acceptors (Lipinski definition) is 3. The van der Waals surface area contributed by atoms with E-state index in [2.05, 4.69) is 13.0 Å². The van der Waals surface area contributed by atoms with Crippen molar-refractivity contribution in [1.29, 1.82) is 0 Å². The van der Waals surface area contributed by atoms with E-state index in [0.717, 1.165) is 42.4 Å². The standard InChI is InChI=1S/C19H27BO3/c1-4-6-16(8-9-18-7-5-10-20(22)23-18)13-17-11-14(2)19(21)15(3)12-17/h5,7,11-13,18,21-22H,4,6,8-10H2,1-3H3/b16-13+/t18-/m0/s1. The highest BCUT2D eigenvalue weighted by molar-refractivity contribution is 6.43. The van der Waals surface area contributed by atoms with Crippen molar-refractivity contribution >= 4 is 13.2 Å². The number of aromatic hydroxyl groups is 1. The first kappa shape index (κ1) is 17.8. The number of rotatable bonds is 6. The van der Waals surface area contributed by atoms with E-state index < -0.39 is 7.12 Å². The van der Waals surface area contributed by atoms with Gasteiger partial charge in [0.25, 0.3) is 0 Å². The minimum atomic E-state index is -0.661. The van der Waals surface area contributed by atoms with Crippen molar-refractivity contribution in [1.82, 2.24) is 0 Å². The summed E-state index contributed by atoms with van der Waals surface area (Å²) in [6, 6.07) is 4.05. The van der Waals surface area contributed by atoms with Crippen LogP contribution in [0.3, 0.4) is 0 Å². The number of phenols is 1. The first-order valence-corrected chi connectivity index (χ1v) is 8.49. The second kappa shape index (κ2) is 8.37. The zero-order valence-corrected chi connectivity index (χ0v) is 14.4. The van der Waals surface area contributed by atoms with E-state index >= 15 is 0 Å². The Morgan fingerprint density at radius 2 is 2.00 bits per heavy atom. The maximum absolute atomic E-state index is 9.90. The van der Waals surface area contributed by atoms with Gasteiger partial charge in [-0.3, -0.25) is 0 Å². The van der Waals surface area contributed by atoms with Crippen LogP contribution in [0.5, 0.6) is 5.75 Å². The Bertz CT molecular complexity index is 569. The van der Waals surface area contributed by atoms with Crippen molar-refractivity contribution < 1.29 is 14.8 Å². The number of benzene rings is 1. The van der Waals surface area contributed by atoms with Gasteiger partial charge in [0.05, 0.1) is 6.10 Å². The zero-order valence-electron chi connectivity index (χ0n) is 14.4. The van der Waals surface area contributed by atoms with E-state index in [1.54, 1.807) is 0 Å². The van der Waals surface area contributed by atoms with E-state index in [1.807, 2.05) is 38.1 Å². The van der Waals surface area contributed by atoms with Gasteiger partial charge in [-0.1, -0.05) is 37.1 Å². The lowest BCUT2D eigenvalue weighted by Crippen LogP contribution is -2.27. The van der Waals surface area contributed by atoms with Gasteiger partial charge in [-0.05, 0) is 61.9 Å². The van der Waals surface area contributed by atoms with Gasteiger partial charge in [0.1, 0.15) is 5.75 Å². The van der Waals surface area contributed by atoms with Crippen LogP contribution in [-0.4, -0.2) is 23.4 Å². The van der Waals surface area contributed by atoms with Crippen molar-refractivity contribution in [3.05, 3.63) is 46.5 Å². The van der Waals surface area contributed by atoms with Crippen LogP contribution in [0.4, 0.5) is 0 Å². The molecular weight excluding hydrogens is 287 g/mol. The summed E-state index contributed by atoms with van der Waals surface area (Å²) in [5, 5.41) is 19.5. The summed E-state index contributed by atoms with van der Waals surface area (Å²) in [5.41, 5.74) is 4.35. The van der Waals surface area contributed by atoms with Crippen molar-refractivity contribution in [2.24, 2.45) is 0 Å². The van der Waals surface area contributed by atoms with Gasteiger partial charge in [-0.25, -0.2) is 0 Å². The van der Waals surface area contributed by atoms with Gasteiger partial charge >= 0.3 is 7.12 Å². The summed E-state index contributed by atoms with van der Waals surface area (Å²) >= 11 is 0. The normalized spacial score (nSPS) is 18.5. The van der Waals surface area contributed by atoms with Gasteiger partial charge < -0.3 is 14.8 Å². The first-order valence-electron chi connectivity index (χ1n) is 8.49. The maximum Gasteiger partial charge on any atom is 0.458 e. The molecule has 1 atom stereocenters. The average molecular weight is 314 g/mol. The average Bonchev–Trinajstić information content (AvgIpc) is 2.50. The summed E-state index contributed by atoms with van der Waals surface area (Å²) in [6.45, 7) is 6.05. The molecule has 0 amide bonds. The third kappa shape index (κ3) is 5.26. The van der Waals surface area contributed by atoms with E-state index in [-0.39, 0.29) is 6.10 Å². The fraction of sp³-hybridized carbons (Fsp3) is 0.474. The van der Waals surface area contributed by atoms with Crippen molar-refractivity contribution in [3.8, 4) is 5.75 Å². The number of allylic oxidation sites excluding steroid dienone is 2. The van der Waals surface area contributed by atoms with Crippen LogP contribution in [0.15, 0.2) is 29.9 Å². The number of aryl methyl sites for hydroxylation is 2. The zero-order chi connectivity index (χ0) is 16.8. The summed E-state index contributed by atoms with van der Waals surface area (Å²) < 4.78 is 5.53. The summed E-state index contributed by atoms with van der Waals surface area (Å²) in [4.78, 5) is 0. The molecule has 1 aliphatic rings. The molecule has 4 heteroatoms. The summed E-state index contributed by atoms with van der Waals surface area (Å²) in [6.07, 6.45) is 10.8. The largest absolute Gasteiger partial charge is 0.507 e. The molecule has 0 fully saturated rings. The van der Waals surface area contributed by atoms with Gasteiger partial charge in [-0.2, -0.15) is 0 Å². The predicted molar refractivity (Wildman–Crippen MR) is 96.5 cm³/mol. The topological polar surface area (TPSA) is 49.7 Å². The third-order valence-electron chi connectivity index (χ3n) is 4.23. The maximum atomic E-state index is 9.90. The molecule has 0 aromatic heterocycles. The van der Waals surface area contributed by atoms with Crippen LogP contribution < -0.4 is 0 Å². The minimum absolute atomic E-state index is 0.00213. The first-order chi connectivity index (χ1) is 11.0. The minimum Gasteiger partial charge on any atom is -0.507 e. The highest BCUT2D eigenvalue weighted by Crippen LogP contribution is 2.26. The van der Waals surface area contributed by atoms with E-state index in [4.69, 9.17) is 4.65 Å². The van der Waals surface area contributed by atoms with E-state index in [1.165, 1.54) is 5.57 Å². The van der Waals surface area contributed by atoms with Crippen LogP contribution in [0.25, 0.3) is 6.08 Å². The lowest BCUT2D eigenvalue weighted by molar-refractivity contribution is 0.192. The Morgan fingerprint density at radius 1 is 1.30 bits per heavy atom. The van der Waals surface area contributed by atoms with Crippen molar-refractivity contribution in [3.63, 3.8) is 0 Å². The molecule has 0 unspecified atom stereocenters. The van der Waals surface area contributed by atoms with Crippen LogP contribution in [0, 0.1) is 13.8 Å². The highest BCUT2D eigenvalue weighted by atomic mass is 16.5. The van der Waals surface area contributed by atoms with Gasteiger partial charge in [0.2, 0.25) is 0 Å². The fourth-order valence-corrected chi connectivity index (χ4v) is 3.04. The Morgan fingerprint density at radius 3 is 2.61 bits per heavy atom. The summed E-state index contributed by atoms with van der Waals surface area (Å²) in [5.74, 6) is 0.383. The van der Waals surface area contributed by atoms with E-state index in [0.29, 0.717) is 12.1 Å². The van der Waals surface area contributed by atoms with Crippen LogP contribution in [-0.2, 0) is 4.65 Å². The Labute approximate surface area is 139 Å². The molecule has 1 aromatic carbocycles. The molecule has 2 rings (SSSR count). The second-order valence-electron chi connectivity index (χ2n) is 6.39. The predicted octanol–water partition coefficient (Wildman–Crippen LogP) is 4.41. The Kier molecular flexibility index (Phi) is 6.49. The lowest BCUT2D eigenvalue weighted by Gasteiger charge is -2.20. The Hall–Kier alpha value is -1.52. The van der Waals surface area contributed by atoms with Crippen LogP contribution >= 0.6 is 0 Å². The lowest BCUT2D eigenvalue weighted by atomic mass is 9.82. The molecule has 0 aliphatic carbocycles. The molecule has 0 saturated carbocycles. The molecule has 0 saturated heterocycles. The molecule has 3 nitrogen and oxygen atoms in total. The quantitative estimate of drug-likeness (QED) is 0.604. The molecule has 2 N–H and O–H groups in total. The Balaban J connectivity index is 2.08. The molecule has 0 bridgehead atoms. The molecular formula is C19H27BO3. The SMILES string of the molecule is CCC/C(=C\c1cc(C)c(O)c(C)c1)CC[C@@H]1C=CCB(O)O1. The third-order valence-corrected chi connectivity index (χ3v) is 4.23. The molecule has 23 heavy (non-hydrogen) atoms. The molecule has 1 aliphatic heterocycles. The molecule has 1 aromatic rings. The molecule has 1 heterocycles. The molecule has 0 spiro atoms. The fourth-order valence-electron chi connectivity index (χ4n) is 3.04. The van der Waals surface area contributed by atoms with Crippen molar-refractivity contribution in [2.75, 3.05) is 0 Å². The van der Waals surface area contributed by atoms with E-state index in [9.17, 15) is 10.1 Å². The molecule has 0 radical (unpaired) electrons. The van der Waals surface area contributed by atoms with Gasteiger partial charge in [-0.15, -0.1) is 0 Å². The number of hydrogen-bond donors (Lipinski definition) is 2. The van der Waals surface area contributed by atoms with Crippen LogP contribution in [0.2, 0.25) is 6.32 Å². The van der Waals surface area contributed by atoms with Gasteiger partial charge in [0.15, 0.2) is 0 Å². The second-order valence-corrected chi connectivity index (χ2v) is 6.39. The smallest absolute Gasteiger partial charge is 0.458 e.